The number of aliphatic hydroxyl groups excluding tert-OH is 1. The zero-order valence-electron chi connectivity index (χ0n) is 18.9. The average Bonchev–Trinajstić information content (AvgIpc) is 3.16. The Bertz CT molecular complexity index is 1560. The first-order valence-corrected chi connectivity index (χ1v) is 10.8. The number of pyridine rings is 2. The summed E-state index contributed by atoms with van der Waals surface area (Å²) < 4.78 is 2.83. The highest BCUT2D eigenvalue weighted by Crippen LogP contribution is 2.33. The highest BCUT2D eigenvalue weighted by molar-refractivity contribution is 5.88. The van der Waals surface area contributed by atoms with E-state index in [0.29, 0.717) is 22.6 Å². The molecule has 5 rings (SSSR count). The van der Waals surface area contributed by atoms with E-state index in [4.69, 9.17) is 5.73 Å². The van der Waals surface area contributed by atoms with Crippen molar-refractivity contribution in [3.8, 4) is 22.4 Å². The lowest BCUT2D eigenvalue weighted by atomic mass is 9.99. The van der Waals surface area contributed by atoms with Crippen LogP contribution in [0.25, 0.3) is 28.0 Å². The first-order chi connectivity index (χ1) is 16.4. The molecule has 0 fully saturated rings. The summed E-state index contributed by atoms with van der Waals surface area (Å²) in [6.07, 6.45) is 1.77. The van der Waals surface area contributed by atoms with Gasteiger partial charge in [0.25, 0.3) is 0 Å². The van der Waals surface area contributed by atoms with Gasteiger partial charge in [0.05, 0.1) is 23.6 Å². The Hall–Kier alpha value is -4.37. The van der Waals surface area contributed by atoms with Gasteiger partial charge in [-0.15, -0.1) is 9.38 Å². The van der Waals surface area contributed by atoms with Crippen molar-refractivity contribution < 1.29 is 9.51 Å². The van der Waals surface area contributed by atoms with Crippen LogP contribution in [0.15, 0.2) is 65.6 Å². The van der Waals surface area contributed by atoms with E-state index in [1.165, 1.54) is 9.08 Å². The second kappa shape index (κ2) is 8.53. The predicted molar refractivity (Wildman–Crippen MR) is 128 cm³/mol. The first kappa shape index (κ1) is 21.5. The van der Waals surface area contributed by atoms with Crippen molar-refractivity contribution in [2.45, 2.75) is 27.0 Å². The number of aliphatic hydroxyl groups is 1. The lowest BCUT2D eigenvalue weighted by Crippen LogP contribution is -2.44. The molecule has 0 amide bonds. The van der Waals surface area contributed by atoms with Crippen molar-refractivity contribution in [3.05, 3.63) is 93.9 Å². The molecule has 9 nitrogen and oxygen atoms in total. The quantitative estimate of drug-likeness (QED) is 0.349. The molecule has 5 aromatic rings. The summed E-state index contributed by atoms with van der Waals surface area (Å²) in [6.45, 7) is 3.86. The van der Waals surface area contributed by atoms with Crippen molar-refractivity contribution in [1.29, 1.82) is 0 Å². The first-order valence-electron chi connectivity index (χ1n) is 10.8. The third kappa shape index (κ3) is 3.82. The van der Waals surface area contributed by atoms with Crippen LogP contribution < -0.4 is 15.8 Å². The lowest BCUT2D eigenvalue weighted by Gasteiger charge is -2.10. The van der Waals surface area contributed by atoms with Gasteiger partial charge >= 0.3 is 11.6 Å². The van der Waals surface area contributed by atoms with Gasteiger partial charge < -0.3 is 10.8 Å². The maximum absolute atomic E-state index is 13.3. The van der Waals surface area contributed by atoms with Crippen molar-refractivity contribution in [2.75, 3.05) is 5.73 Å². The lowest BCUT2D eigenvalue weighted by molar-refractivity contribution is -0.516. The van der Waals surface area contributed by atoms with E-state index < -0.39 is 0 Å². The minimum absolute atomic E-state index is 0.0719. The Labute approximate surface area is 195 Å². The highest BCUT2D eigenvalue weighted by atomic mass is 16.3. The normalized spacial score (nSPS) is 11.3. The number of rotatable bonds is 5. The molecule has 34 heavy (non-hydrogen) atoms. The van der Waals surface area contributed by atoms with Gasteiger partial charge in [0, 0.05) is 17.5 Å². The molecule has 0 radical (unpaired) electrons. The molecule has 0 aliphatic heterocycles. The van der Waals surface area contributed by atoms with Gasteiger partial charge in [-0.3, -0.25) is 9.97 Å². The molecule has 0 saturated heterocycles. The Morgan fingerprint density at radius 2 is 1.82 bits per heavy atom. The summed E-state index contributed by atoms with van der Waals surface area (Å²) in [5, 5.41) is 13.0. The van der Waals surface area contributed by atoms with Crippen LogP contribution in [0, 0.1) is 13.8 Å². The monoisotopic (exact) mass is 454 g/mol. The summed E-state index contributed by atoms with van der Waals surface area (Å²) in [5.41, 5.74) is 12.4. The number of benzene rings is 1. The largest absolute Gasteiger partial charge is 0.428 e. The van der Waals surface area contributed by atoms with E-state index in [1.54, 1.807) is 12.3 Å². The van der Waals surface area contributed by atoms with E-state index in [-0.39, 0.29) is 24.8 Å². The highest BCUT2D eigenvalue weighted by Gasteiger charge is 2.26. The number of nitrogens with two attached hydrogens (primary N) is 1. The summed E-state index contributed by atoms with van der Waals surface area (Å²) in [7, 11) is 0. The van der Waals surface area contributed by atoms with Gasteiger partial charge in [0.2, 0.25) is 5.65 Å². The van der Waals surface area contributed by atoms with Gasteiger partial charge in [0.1, 0.15) is 12.2 Å². The van der Waals surface area contributed by atoms with Gasteiger partial charge in [-0.05, 0) is 43.2 Å². The molecule has 0 atom stereocenters. The number of H-pyrrole nitrogens is 1. The molecule has 0 saturated carbocycles. The fraction of sp³-hybridized carbons (Fsp3) is 0.160. The molecule has 0 aliphatic rings. The molecule has 0 bridgehead atoms. The summed E-state index contributed by atoms with van der Waals surface area (Å²) in [6, 6.07) is 17.2. The SMILES string of the molecule is Cc1ccc(Cn2[nH]c3c(-c4cc(C)nc(CO)c4)c(-c4ccccc4)nc(N)[n+]3c2=O)nc1. The van der Waals surface area contributed by atoms with Crippen molar-refractivity contribution in [3.63, 3.8) is 0 Å². The molecular weight excluding hydrogens is 430 g/mol. The zero-order chi connectivity index (χ0) is 23.8. The Balaban J connectivity index is 1.81. The van der Waals surface area contributed by atoms with Crippen molar-refractivity contribution in [2.24, 2.45) is 0 Å². The standard InChI is InChI=1S/C25H23N7O2/c1-15-8-9-19(27-12-15)13-31-25(34)32-23(30-31)21(18-10-16(2)28-20(11-18)14-33)22(29-24(32)26)17-6-4-3-5-7-17/h3-12,33H,13-14H2,1-2H3,(H2,26,28,29,30)/p+1. The van der Waals surface area contributed by atoms with Crippen LogP contribution in [-0.2, 0) is 13.2 Å². The van der Waals surface area contributed by atoms with Gasteiger partial charge in [-0.25, -0.2) is 9.89 Å². The maximum atomic E-state index is 13.3. The van der Waals surface area contributed by atoms with Crippen LogP contribution in [0.4, 0.5) is 5.95 Å². The number of aromatic amines is 1. The predicted octanol–water partition coefficient (Wildman–Crippen LogP) is 2.17. The Morgan fingerprint density at radius 3 is 2.53 bits per heavy atom. The average molecular weight is 455 g/mol. The number of fused-ring (bicyclic) bond motifs is 1. The fourth-order valence-corrected chi connectivity index (χ4v) is 4.06. The molecule has 0 aliphatic carbocycles. The van der Waals surface area contributed by atoms with Crippen molar-refractivity contribution in [1.82, 2.24) is 24.7 Å². The van der Waals surface area contributed by atoms with Crippen LogP contribution in [0.1, 0.15) is 22.6 Å². The zero-order valence-corrected chi connectivity index (χ0v) is 18.9. The Kier molecular flexibility index (Phi) is 5.39. The third-order valence-electron chi connectivity index (χ3n) is 5.61. The van der Waals surface area contributed by atoms with Gasteiger partial charge in [-0.1, -0.05) is 36.4 Å². The number of hydrogen-bond acceptors (Lipinski definition) is 6. The van der Waals surface area contributed by atoms with Gasteiger partial charge in [-0.2, -0.15) is 4.68 Å². The van der Waals surface area contributed by atoms with Crippen molar-refractivity contribution >= 4 is 11.6 Å². The number of anilines is 1. The van der Waals surface area contributed by atoms with Crippen LogP contribution in [0.2, 0.25) is 0 Å². The van der Waals surface area contributed by atoms with E-state index >= 15 is 0 Å². The molecular formula is C25H24N7O2+. The summed E-state index contributed by atoms with van der Waals surface area (Å²) >= 11 is 0. The maximum Gasteiger partial charge on any atom is 0.428 e. The van der Waals surface area contributed by atoms with E-state index in [2.05, 4.69) is 20.1 Å². The van der Waals surface area contributed by atoms with Crippen LogP contribution >= 0.6 is 0 Å². The van der Waals surface area contributed by atoms with Crippen LogP contribution in [-0.4, -0.2) is 29.8 Å². The van der Waals surface area contributed by atoms with E-state index in [9.17, 15) is 9.90 Å². The third-order valence-corrected chi connectivity index (χ3v) is 5.61. The number of aromatic nitrogens is 6. The van der Waals surface area contributed by atoms with Crippen LogP contribution in [0.3, 0.4) is 0 Å². The molecule has 4 aromatic heterocycles. The molecule has 1 aromatic carbocycles. The smallest absolute Gasteiger partial charge is 0.390 e. The summed E-state index contributed by atoms with van der Waals surface area (Å²) in [4.78, 5) is 26.8. The molecule has 9 heteroatoms. The number of nitrogens with one attached hydrogen (secondary N) is 1. The number of nitrogen functional groups attached to an aromatic ring is 1. The molecule has 4 heterocycles. The second-order valence-corrected chi connectivity index (χ2v) is 8.20. The minimum atomic E-state index is -0.351. The molecule has 0 spiro atoms. The molecule has 170 valence electrons. The van der Waals surface area contributed by atoms with Gasteiger partial charge in [0.15, 0.2) is 0 Å². The van der Waals surface area contributed by atoms with E-state index in [0.717, 1.165) is 28.1 Å². The number of nitrogens with zero attached hydrogens (tertiary/aromatic N) is 5. The number of hydrogen-bond donors (Lipinski definition) is 3. The molecule has 4 N–H and O–H groups in total. The Morgan fingerprint density at radius 1 is 1.03 bits per heavy atom. The number of aryl methyl sites for hydroxylation is 2. The second-order valence-electron chi connectivity index (χ2n) is 8.20. The minimum Gasteiger partial charge on any atom is -0.390 e. The summed E-state index contributed by atoms with van der Waals surface area (Å²) in [5.74, 6) is 0.0719. The van der Waals surface area contributed by atoms with E-state index in [1.807, 2.05) is 62.4 Å². The fourth-order valence-electron chi connectivity index (χ4n) is 4.06. The van der Waals surface area contributed by atoms with Crippen LogP contribution in [0.5, 0.6) is 0 Å². The molecule has 0 unspecified atom stereocenters. The topological polar surface area (TPSA) is 127 Å².